The van der Waals surface area contributed by atoms with E-state index in [0.29, 0.717) is 5.56 Å². The second-order valence-corrected chi connectivity index (χ2v) is 3.51. The molecule has 3 heteroatoms. The molecule has 0 amide bonds. The standard InChI is InChI=1S/C12H14O3/c1-3-10(12(14)15)11(13)9-6-4-8(2)5-7-9/h4-7,10H,3H2,1-2H3,(H,14,15)/p-1. The summed E-state index contributed by atoms with van der Waals surface area (Å²) in [6.45, 7) is 3.57. The maximum atomic E-state index is 11.7. The highest BCUT2D eigenvalue weighted by Crippen LogP contribution is 2.12. The summed E-state index contributed by atoms with van der Waals surface area (Å²) in [7, 11) is 0. The van der Waals surface area contributed by atoms with Gasteiger partial charge in [0.05, 0.1) is 11.9 Å². The highest BCUT2D eigenvalue weighted by Gasteiger charge is 2.18. The molecule has 0 aliphatic heterocycles. The molecule has 0 aliphatic rings. The van der Waals surface area contributed by atoms with Crippen molar-refractivity contribution in [2.45, 2.75) is 20.3 Å². The Bertz CT molecular complexity index is 365. The van der Waals surface area contributed by atoms with Gasteiger partial charge in [-0.2, -0.15) is 0 Å². The van der Waals surface area contributed by atoms with Gasteiger partial charge in [-0.25, -0.2) is 0 Å². The van der Waals surface area contributed by atoms with Crippen LogP contribution in [0.25, 0.3) is 0 Å². The molecular formula is C12H13O3-. The number of carboxylic acid groups (broad SMARTS) is 1. The Balaban J connectivity index is 2.93. The number of rotatable bonds is 4. The fraction of sp³-hybridized carbons (Fsp3) is 0.333. The lowest BCUT2D eigenvalue weighted by molar-refractivity contribution is -0.309. The van der Waals surface area contributed by atoms with E-state index < -0.39 is 11.9 Å². The monoisotopic (exact) mass is 205 g/mol. The van der Waals surface area contributed by atoms with Gasteiger partial charge < -0.3 is 9.90 Å². The maximum Gasteiger partial charge on any atom is 0.171 e. The minimum Gasteiger partial charge on any atom is -0.549 e. The van der Waals surface area contributed by atoms with Crippen molar-refractivity contribution in [3.8, 4) is 0 Å². The first-order chi connectivity index (χ1) is 7.06. The maximum absolute atomic E-state index is 11.7. The number of aliphatic carboxylic acids is 1. The number of benzene rings is 1. The Kier molecular flexibility index (Phi) is 3.61. The van der Waals surface area contributed by atoms with Gasteiger partial charge in [0.2, 0.25) is 0 Å². The van der Waals surface area contributed by atoms with Crippen LogP contribution in [0.15, 0.2) is 24.3 Å². The topological polar surface area (TPSA) is 57.2 Å². The van der Waals surface area contributed by atoms with Gasteiger partial charge in [-0.05, 0) is 13.3 Å². The van der Waals surface area contributed by atoms with Gasteiger partial charge in [-0.1, -0.05) is 36.8 Å². The molecule has 1 unspecified atom stereocenters. The summed E-state index contributed by atoms with van der Waals surface area (Å²) in [6, 6.07) is 6.86. The number of Topliss-reactive ketones (excluding diaryl/α,β-unsaturated/α-hetero) is 1. The lowest BCUT2D eigenvalue weighted by Gasteiger charge is -2.14. The normalized spacial score (nSPS) is 12.1. The van der Waals surface area contributed by atoms with Crippen LogP contribution in [0.1, 0.15) is 29.3 Å². The predicted molar refractivity (Wildman–Crippen MR) is 54.3 cm³/mol. The van der Waals surface area contributed by atoms with Crippen LogP contribution in [0.2, 0.25) is 0 Å². The fourth-order valence-corrected chi connectivity index (χ4v) is 1.38. The highest BCUT2D eigenvalue weighted by molar-refractivity contribution is 6.07. The van der Waals surface area contributed by atoms with Gasteiger partial charge in [0.1, 0.15) is 0 Å². The van der Waals surface area contributed by atoms with Gasteiger partial charge in [0.15, 0.2) is 5.78 Å². The molecule has 0 fully saturated rings. The lowest BCUT2D eigenvalue weighted by atomic mass is 9.95. The number of carbonyl (C=O) groups excluding carboxylic acids is 2. The first-order valence-corrected chi connectivity index (χ1v) is 4.88. The van der Waals surface area contributed by atoms with Crippen molar-refractivity contribution in [3.05, 3.63) is 35.4 Å². The largest absolute Gasteiger partial charge is 0.549 e. The molecular weight excluding hydrogens is 192 g/mol. The molecule has 0 aromatic heterocycles. The molecule has 0 spiro atoms. The van der Waals surface area contributed by atoms with Gasteiger partial charge in [0, 0.05) is 5.56 Å². The van der Waals surface area contributed by atoms with Gasteiger partial charge in [0.25, 0.3) is 0 Å². The molecule has 0 heterocycles. The molecule has 0 aliphatic carbocycles. The number of hydrogen-bond acceptors (Lipinski definition) is 3. The summed E-state index contributed by atoms with van der Waals surface area (Å²) in [5.41, 5.74) is 1.46. The van der Waals surface area contributed by atoms with Crippen molar-refractivity contribution in [1.29, 1.82) is 0 Å². The van der Waals surface area contributed by atoms with E-state index in [1.807, 2.05) is 6.92 Å². The first kappa shape index (κ1) is 11.4. The average Bonchev–Trinajstić information content (AvgIpc) is 2.19. The molecule has 80 valence electrons. The summed E-state index contributed by atoms with van der Waals surface area (Å²) in [5.74, 6) is -2.71. The zero-order valence-corrected chi connectivity index (χ0v) is 8.82. The Labute approximate surface area is 88.7 Å². The predicted octanol–water partition coefficient (Wildman–Crippen LogP) is 0.954. The van der Waals surface area contributed by atoms with Crippen LogP contribution in [-0.2, 0) is 4.79 Å². The van der Waals surface area contributed by atoms with Crippen molar-refractivity contribution in [3.63, 3.8) is 0 Å². The molecule has 0 N–H and O–H groups in total. The van der Waals surface area contributed by atoms with Crippen molar-refractivity contribution in [2.75, 3.05) is 0 Å². The molecule has 0 saturated carbocycles. The van der Waals surface area contributed by atoms with E-state index in [1.54, 1.807) is 31.2 Å². The third-order valence-corrected chi connectivity index (χ3v) is 2.35. The minimum absolute atomic E-state index is 0.259. The van der Waals surface area contributed by atoms with Crippen molar-refractivity contribution in [1.82, 2.24) is 0 Å². The van der Waals surface area contributed by atoms with Crippen molar-refractivity contribution in [2.24, 2.45) is 5.92 Å². The number of ketones is 1. The van der Waals surface area contributed by atoms with Crippen molar-refractivity contribution >= 4 is 11.8 Å². The van der Waals surface area contributed by atoms with Gasteiger partial charge >= 0.3 is 0 Å². The van der Waals surface area contributed by atoms with E-state index in [4.69, 9.17) is 0 Å². The molecule has 0 bridgehead atoms. The third-order valence-electron chi connectivity index (χ3n) is 2.35. The Morgan fingerprint density at radius 3 is 2.20 bits per heavy atom. The number of carbonyl (C=O) groups is 2. The summed E-state index contributed by atoms with van der Waals surface area (Å²) >= 11 is 0. The van der Waals surface area contributed by atoms with E-state index in [-0.39, 0.29) is 12.2 Å². The van der Waals surface area contributed by atoms with Gasteiger partial charge in [-0.3, -0.25) is 4.79 Å². The zero-order chi connectivity index (χ0) is 11.4. The Morgan fingerprint density at radius 1 is 1.27 bits per heavy atom. The summed E-state index contributed by atoms with van der Waals surface area (Å²) in [6.07, 6.45) is 0.259. The fourth-order valence-electron chi connectivity index (χ4n) is 1.38. The molecule has 15 heavy (non-hydrogen) atoms. The molecule has 1 aromatic carbocycles. The van der Waals surface area contributed by atoms with Crippen LogP contribution < -0.4 is 5.11 Å². The smallest absolute Gasteiger partial charge is 0.171 e. The molecule has 0 radical (unpaired) electrons. The van der Waals surface area contributed by atoms with E-state index in [9.17, 15) is 14.7 Å². The second-order valence-electron chi connectivity index (χ2n) is 3.51. The Morgan fingerprint density at radius 2 is 1.80 bits per heavy atom. The zero-order valence-electron chi connectivity index (χ0n) is 8.82. The third kappa shape index (κ3) is 2.65. The lowest BCUT2D eigenvalue weighted by Crippen LogP contribution is -2.36. The van der Waals surface area contributed by atoms with Crippen LogP contribution in [0.5, 0.6) is 0 Å². The SMILES string of the molecule is CCC(C(=O)[O-])C(=O)c1ccc(C)cc1. The number of hydrogen-bond donors (Lipinski definition) is 0. The molecule has 3 nitrogen and oxygen atoms in total. The molecule has 0 saturated heterocycles. The quantitative estimate of drug-likeness (QED) is 0.543. The van der Waals surface area contributed by atoms with E-state index in [1.165, 1.54) is 0 Å². The molecule has 1 rings (SSSR count). The van der Waals surface area contributed by atoms with Crippen molar-refractivity contribution < 1.29 is 14.7 Å². The van der Waals surface area contributed by atoms with Crippen LogP contribution >= 0.6 is 0 Å². The molecule has 1 aromatic rings. The van der Waals surface area contributed by atoms with E-state index >= 15 is 0 Å². The second kappa shape index (κ2) is 4.73. The highest BCUT2D eigenvalue weighted by atomic mass is 16.4. The number of carboxylic acids is 1. The minimum atomic E-state index is -1.30. The molecule has 1 atom stereocenters. The average molecular weight is 205 g/mol. The van der Waals surface area contributed by atoms with E-state index in [0.717, 1.165) is 5.56 Å². The summed E-state index contributed by atoms with van der Waals surface area (Å²) in [5, 5.41) is 10.7. The Hall–Kier alpha value is -1.64. The summed E-state index contributed by atoms with van der Waals surface area (Å²) < 4.78 is 0. The summed E-state index contributed by atoms with van der Waals surface area (Å²) in [4.78, 5) is 22.4. The van der Waals surface area contributed by atoms with E-state index in [2.05, 4.69) is 0 Å². The first-order valence-electron chi connectivity index (χ1n) is 4.88. The van der Waals surface area contributed by atoms with Gasteiger partial charge in [-0.15, -0.1) is 0 Å². The van der Waals surface area contributed by atoms with Crippen LogP contribution in [-0.4, -0.2) is 11.8 Å². The van der Waals surface area contributed by atoms with Crippen LogP contribution in [0.4, 0.5) is 0 Å². The van der Waals surface area contributed by atoms with Crippen LogP contribution in [0, 0.1) is 12.8 Å². The number of aryl methyl sites for hydroxylation is 1. The van der Waals surface area contributed by atoms with Crippen LogP contribution in [0.3, 0.4) is 0 Å².